The predicted octanol–water partition coefficient (Wildman–Crippen LogP) is 3.32. The summed E-state index contributed by atoms with van der Waals surface area (Å²) in [5.74, 6) is 3.07. The van der Waals surface area contributed by atoms with Crippen molar-refractivity contribution in [2.24, 2.45) is 10.9 Å². The molecule has 0 spiro atoms. The molecule has 2 aliphatic rings. The van der Waals surface area contributed by atoms with Gasteiger partial charge in [0.05, 0.1) is 10.7 Å². The summed E-state index contributed by atoms with van der Waals surface area (Å²) < 4.78 is 0. The van der Waals surface area contributed by atoms with Gasteiger partial charge in [-0.05, 0) is 44.7 Å². The third-order valence-corrected chi connectivity index (χ3v) is 8.06. The van der Waals surface area contributed by atoms with Crippen LogP contribution in [0.2, 0.25) is 0 Å². The first kappa shape index (κ1) is 20.9. The van der Waals surface area contributed by atoms with Crippen LogP contribution in [-0.2, 0) is 13.0 Å². The van der Waals surface area contributed by atoms with E-state index in [9.17, 15) is 0 Å². The molecular weight excluding hydrogens is 374 g/mol. The second-order valence-corrected chi connectivity index (χ2v) is 9.93. The number of aliphatic imine (C=N–C) groups is 1. The first-order chi connectivity index (χ1) is 13.2. The standard InChI is InChI=1S/C20H35N5S2/c1-4-18-14-25(10-11-26-18)20(21-3)22-12-16-6-8-24(9-7-16)13-17-15-27-19(5-2)23-17/h15-16,18H,4-14H2,1-3H3,(H,21,22). The third kappa shape index (κ3) is 6.09. The average molecular weight is 410 g/mol. The van der Waals surface area contributed by atoms with Gasteiger partial charge in [0, 0.05) is 49.6 Å². The zero-order valence-electron chi connectivity index (χ0n) is 17.1. The molecule has 1 N–H and O–H groups in total. The lowest BCUT2D eigenvalue weighted by Gasteiger charge is -2.36. The summed E-state index contributed by atoms with van der Waals surface area (Å²) in [6, 6.07) is 0. The van der Waals surface area contributed by atoms with Crippen LogP contribution in [0, 0.1) is 5.92 Å². The van der Waals surface area contributed by atoms with Gasteiger partial charge < -0.3 is 10.2 Å². The van der Waals surface area contributed by atoms with E-state index in [-0.39, 0.29) is 0 Å². The molecule has 0 radical (unpaired) electrons. The SMILES string of the molecule is CCc1nc(CN2CCC(CNC(=NC)N3CCSC(CC)C3)CC2)cs1. The zero-order chi connectivity index (χ0) is 19.1. The molecule has 7 heteroatoms. The minimum absolute atomic E-state index is 0.750. The Bertz CT molecular complexity index is 595. The molecule has 1 unspecified atom stereocenters. The average Bonchev–Trinajstić information content (AvgIpc) is 3.17. The molecule has 1 atom stereocenters. The molecule has 1 aromatic heterocycles. The summed E-state index contributed by atoms with van der Waals surface area (Å²) in [5, 5.41) is 7.91. The minimum Gasteiger partial charge on any atom is -0.356 e. The second-order valence-electron chi connectivity index (χ2n) is 7.58. The largest absolute Gasteiger partial charge is 0.356 e. The van der Waals surface area contributed by atoms with Crippen molar-refractivity contribution in [1.29, 1.82) is 0 Å². The van der Waals surface area contributed by atoms with E-state index < -0.39 is 0 Å². The highest BCUT2D eigenvalue weighted by molar-refractivity contribution is 8.00. The van der Waals surface area contributed by atoms with Crippen LogP contribution in [0.5, 0.6) is 0 Å². The highest BCUT2D eigenvalue weighted by atomic mass is 32.2. The summed E-state index contributed by atoms with van der Waals surface area (Å²) in [6.45, 7) is 11.2. The fraction of sp³-hybridized carbons (Fsp3) is 0.800. The van der Waals surface area contributed by atoms with Crippen LogP contribution in [-0.4, -0.2) is 71.5 Å². The molecule has 152 valence electrons. The number of likely N-dealkylation sites (tertiary alicyclic amines) is 1. The van der Waals surface area contributed by atoms with E-state index in [1.807, 2.05) is 7.05 Å². The quantitative estimate of drug-likeness (QED) is 0.577. The molecule has 3 heterocycles. The number of hydrogen-bond donors (Lipinski definition) is 1. The van der Waals surface area contributed by atoms with Crippen molar-refractivity contribution < 1.29 is 0 Å². The molecule has 2 fully saturated rings. The summed E-state index contributed by atoms with van der Waals surface area (Å²) >= 11 is 3.91. The summed E-state index contributed by atoms with van der Waals surface area (Å²) in [7, 11) is 1.92. The summed E-state index contributed by atoms with van der Waals surface area (Å²) in [4.78, 5) is 14.3. The zero-order valence-corrected chi connectivity index (χ0v) is 18.7. The van der Waals surface area contributed by atoms with Crippen molar-refractivity contribution in [3.8, 4) is 0 Å². The molecule has 0 amide bonds. The van der Waals surface area contributed by atoms with Gasteiger partial charge in [-0.15, -0.1) is 11.3 Å². The molecule has 0 aliphatic carbocycles. The minimum atomic E-state index is 0.750. The maximum atomic E-state index is 4.72. The van der Waals surface area contributed by atoms with Crippen LogP contribution >= 0.6 is 23.1 Å². The van der Waals surface area contributed by atoms with Crippen molar-refractivity contribution in [2.75, 3.05) is 45.5 Å². The Balaban J connectivity index is 1.39. The third-order valence-electron chi connectivity index (χ3n) is 5.65. The van der Waals surface area contributed by atoms with Crippen molar-refractivity contribution in [2.45, 2.75) is 51.3 Å². The first-order valence-electron chi connectivity index (χ1n) is 10.4. The van der Waals surface area contributed by atoms with Gasteiger partial charge >= 0.3 is 0 Å². The normalized spacial score (nSPS) is 23.0. The van der Waals surface area contributed by atoms with Crippen LogP contribution in [0.4, 0.5) is 0 Å². The van der Waals surface area contributed by atoms with Crippen LogP contribution < -0.4 is 5.32 Å². The maximum absolute atomic E-state index is 4.72. The van der Waals surface area contributed by atoms with Gasteiger partial charge in [0.2, 0.25) is 0 Å². The second kappa shape index (κ2) is 10.7. The molecule has 3 rings (SSSR count). The molecular formula is C20H35N5S2. The van der Waals surface area contributed by atoms with Crippen LogP contribution in [0.15, 0.2) is 10.4 Å². The number of aromatic nitrogens is 1. The lowest BCUT2D eigenvalue weighted by atomic mass is 9.97. The summed E-state index contributed by atoms with van der Waals surface area (Å²) in [5.41, 5.74) is 1.25. The first-order valence-corrected chi connectivity index (χ1v) is 12.4. The van der Waals surface area contributed by atoms with Crippen molar-refractivity contribution >= 4 is 29.1 Å². The predicted molar refractivity (Wildman–Crippen MR) is 119 cm³/mol. The van der Waals surface area contributed by atoms with Crippen LogP contribution in [0.1, 0.15) is 43.8 Å². The number of rotatable bonds is 6. The molecule has 0 aromatic carbocycles. The molecule has 2 aliphatic heterocycles. The lowest BCUT2D eigenvalue weighted by molar-refractivity contribution is 0.176. The topological polar surface area (TPSA) is 43.8 Å². The van der Waals surface area contributed by atoms with Crippen molar-refractivity contribution in [3.63, 3.8) is 0 Å². The van der Waals surface area contributed by atoms with Gasteiger partial charge in [-0.25, -0.2) is 4.98 Å². The highest BCUT2D eigenvalue weighted by Crippen LogP contribution is 2.22. The van der Waals surface area contributed by atoms with Gasteiger partial charge in [-0.1, -0.05) is 13.8 Å². The Morgan fingerprint density at radius 3 is 2.78 bits per heavy atom. The Morgan fingerprint density at radius 2 is 2.11 bits per heavy atom. The molecule has 27 heavy (non-hydrogen) atoms. The fourth-order valence-electron chi connectivity index (χ4n) is 3.89. The molecule has 0 saturated carbocycles. The van der Waals surface area contributed by atoms with E-state index in [0.29, 0.717) is 0 Å². The number of thiazole rings is 1. The van der Waals surface area contributed by atoms with E-state index in [2.05, 4.69) is 51.1 Å². The number of nitrogens with one attached hydrogen (secondary N) is 1. The molecule has 1 aromatic rings. The molecule has 2 saturated heterocycles. The lowest BCUT2D eigenvalue weighted by Crippen LogP contribution is -2.49. The molecule has 0 bridgehead atoms. The van der Waals surface area contributed by atoms with Crippen molar-refractivity contribution in [1.82, 2.24) is 20.1 Å². The molecule has 5 nitrogen and oxygen atoms in total. The number of nitrogens with zero attached hydrogens (tertiary/aromatic N) is 4. The fourth-order valence-corrected chi connectivity index (χ4v) is 5.80. The van der Waals surface area contributed by atoms with Crippen LogP contribution in [0.3, 0.4) is 0 Å². The monoisotopic (exact) mass is 409 g/mol. The maximum Gasteiger partial charge on any atom is 0.193 e. The van der Waals surface area contributed by atoms with E-state index in [1.165, 1.54) is 48.8 Å². The number of aryl methyl sites for hydroxylation is 1. The van der Waals surface area contributed by atoms with E-state index >= 15 is 0 Å². The van der Waals surface area contributed by atoms with Crippen LogP contribution in [0.25, 0.3) is 0 Å². The smallest absolute Gasteiger partial charge is 0.193 e. The highest BCUT2D eigenvalue weighted by Gasteiger charge is 2.24. The number of thioether (sulfide) groups is 1. The van der Waals surface area contributed by atoms with E-state index in [4.69, 9.17) is 4.98 Å². The van der Waals surface area contributed by atoms with Gasteiger partial charge in [-0.2, -0.15) is 11.8 Å². The van der Waals surface area contributed by atoms with Crippen molar-refractivity contribution in [3.05, 3.63) is 16.1 Å². The number of guanidine groups is 1. The number of piperidine rings is 1. The van der Waals surface area contributed by atoms with Gasteiger partial charge in [-0.3, -0.25) is 9.89 Å². The van der Waals surface area contributed by atoms with E-state index in [0.717, 1.165) is 49.7 Å². The van der Waals surface area contributed by atoms with Gasteiger partial charge in [0.15, 0.2) is 5.96 Å². The Hall–Kier alpha value is -0.790. The summed E-state index contributed by atoms with van der Waals surface area (Å²) in [6.07, 6.45) is 4.83. The number of hydrogen-bond acceptors (Lipinski definition) is 5. The van der Waals surface area contributed by atoms with Gasteiger partial charge in [0.25, 0.3) is 0 Å². The van der Waals surface area contributed by atoms with E-state index in [1.54, 1.807) is 11.3 Å². The Labute approximate surface area is 173 Å². The Kier molecular flexibility index (Phi) is 8.27. The Morgan fingerprint density at radius 1 is 1.30 bits per heavy atom. The van der Waals surface area contributed by atoms with Gasteiger partial charge in [0.1, 0.15) is 0 Å².